The number of anilines is 1. The van der Waals surface area contributed by atoms with Gasteiger partial charge in [0, 0.05) is 19.0 Å². The number of carbonyl (C=O) groups is 2. The minimum Gasteiger partial charge on any atom is -0.342 e. The van der Waals surface area contributed by atoms with Gasteiger partial charge in [-0.25, -0.2) is 4.98 Å². The monoisotopic (exact) mass is 343 g/mol. The van der Waals surface area contributed by atoms with Crippen LogP contribution in [0.2, 0.25) is 0 Å². The molecule has 1 aromatic heterocycles. The predicted molar refractivity (Wildman–Crippen MR) is 95.0 cm³/mol. The average Bonchev–Trinajstić information content (AvgIpc) is 3.35. The standard InChI is InChI=1S/C18H21N3O2S/c1-11-4-7-14-15(9-11)24-18(19-14)20-16(22)13-3-2-8-21(10-13)17(23)12-5-6-12/h4,7,9,12-13H,2-3,5-6,8,10H2,1H3,(H,19,20,22)/t13-/m1/s1. The first-order chi connectivity index (χ1) is 11.6. The fraction of sp³-hybridized carbons (Fsp3) is 0.500. The lowest BCUT2D eigenvalue weighted by molar-refractivity contribution is -0.135. The molecule has 1 atom stereocenters. The van der Waals surface area contributed by atoms with Crippen LogP contribution in [0.4, 0.5) is 5.13 Å². The maximum Gasteiger partial charge on any atom is 0.231 e. The van der Waals surface area contributed by atoms with Crippen molar-refractivity contribution in [1.82, 2.24) is 9.88 Å². The number of nitrogens with one attached hydrogen (secondary N) is 1. The Labute approximate surface area is 145 Å². The minimum atomic E-state index is -0.129. The summed E-state index contributed by atoms with van der Waals surface area (Å²) in [6, 6.07) is 6.09. The number of rotatable bonds is 3. The van der Waals surface area contributed by atoms with Crippen molar-refractivity contribution in [1.29, 1.82) is 0 Å². The maximum absolute atomic E-state index is 12.6. The summed E-state index contributed by atoms with van der Waals surface area (Å²) in [7, 11) is 0. The highest BCUT2D eigenvalue weighted by Crippen LogP contribution is 2.33. The van der Waals surface area contributed by atoms with Crippen LogP contribution in [0.5, 0.6) is 0 Å². The third-order valence-electron chi connectivity index (χ3n) is 4.80. The molecule has 1 aromatic carbocycles. The molecule has 2 heterocycles. The quantitative estimate of drug-likeness (QED) is 0.931. The van der Waals surface area contributed by atoms with Crippen LogP contribution < -0.4 is 5.32 Å². The highest BCUT2D eigenvalue weighted by molar-refractivity contribution is 7.22. The van der Waals surface area contributed by atoms with E-state index < -0.39 is 0 Å². The van der Waals surface area contributed by atoms with Crippen LogP contribution in [0.25, 0.3) is 10.2 Å². The van der Waals surface area contributed by atoms with Crippen LogP contribution in [-0.2, 0) is 9.59 Å². The van der Waals surface area contributed by atoms with Gasteiger partial charge in [-0.3, -0.25) is 9.59 Å². The number of benzene rings is 1. The molecule has 0 radical (unpaired) electrons. The molecule has 0 unspecified atom stereocenters. The zero-order valence-electron chi connectivity index (χ0n) is 13.7. The first-order valence-electron chi connectivity index (χ1n) is 8.57. The molecule has 0 spiro atoms. The summed E-state index contributed by atoms with van der Waals surface area (Å²) in [6.45, 7) is 3.38. The van der Waals surface area contributed by atoms with Crippen LogP contribution in [0.15, 0.2) is 18.2 Å². The van der Waals surface area contributed by atoms with Gasteiger partial charge in [0.25, 0.3) is 0 Å². The number of aryl methyl sites for hydroxylation is 1. The van der Waals surface area contributed by atoms with Gasteiger partial charge in [-0.1, -0.05) is 17.4 Å². The van der Waals surface area contributed by atoms with Crippen molar-refractivity contribution in [3.8, 4) is 0 Å². The first-order valence-corrected chi connectivity index (χ1v) is 9.38. The zero-order chi connectivity index (χ0) is 16.7. The van der Waals surface area contributed by atoms with Gasteiger partial charge in [0.05, 0.1) is 16.1 Å². The molecule has 1 N–H and O–H groups in total. The number of nitrogens with zero attached hydrogens (tertiary/aromatic N) is 2. The van der Waals surface area contributed by atoms with E-state index in [1.807, 2.05) is 24.0 Å². The molecule has 1 aliphatic heterocycles. The molecule has 1 aliphatic carbocycles. The van der Waals surface area contributed by atoms with E-state index >= 15 is 0 Å². The normalized spacial score (nSPS) is 21.0. The third-order valence-corrected chi connectivity index (χ3v) is 5.74. The van der Waals surface area contributed by atoms with Gasteiger partial charge in [-0.05, 0) is 50.3 Å². The molecule has 126 valence electrons. The Morgan fingerprint density at radius 1 is 1.25 bits per heavy atom. The zero-order valence-corrected chi connectivity index (χ0v) is 14.6. The molecule has 0 bridgehead atoms. The van der Waals surface area contributed by atoms with E-state index in [1.54, 1.807) is 0 Å². The highest BCUT2D eigenvalue weighted by atomic mass is 32.1. The van der Waals surface area contributed by atoms with Gasteiger partial charge in [0.15, 0.2) is 5.13 Å². The van der Waals surface area contributed by atoms with E-state index in [-0.39, 0.29) is 23.7 Å². The van der Waals surface area contributed by atoms with Crippen LogP contribution in [0.1, 0.15) is 31.2 Å². The minimum absolute atomic E-state index is 0.0147. The molecule has 2 aliphatic rings. The van der Waals surface area contributed by atoms with Gasteiger partial charge in [0.1, 0.15) is 0 Å². The molecule has 2 amide bonds. The van der Waals surface area contributed by atoms with E-state index in [2.05, 4.69) is 16.4 Å². The summed E-state index contributed by atoms with van der Waals surface area (Å²) in [5.41, 5.74) is 2.10. The van der Waals surface area contributed by atoms with Crippen molar-refractivity contribution in [3.05, 3.63) is 23.8 Å². The molecule has 2 aromatic rings. The Morgan fingerprint density at radius 2 is 2.08 bits per heavy atom. The van der Waals surface area contributed by atoms with E-state index in [1.165, 1.54) is 16.9 Å². The van der Waals surface area contributed by atoms with Gasteiger partial charge in [-0.15, -0.1) is 0 Å². The maximum atomic E-state index is 12.6. The van der Waals surface area contributed by atoms with Crippen molar-refractivity contribution < 1.29 is 9.59 Å². The van der Waals surface area contributed by atoms with E-state index in [9.17, 15) is 9.59 Å². The number of amides is 2. The molecule has 2 fully saturated rings. The summed E-state index contributed by atoms with van der Waals surface area (Å²) in [5, 5.41) is 3.60. The number of aromatic nitrogens is 1. The number of carbonyl (C=O) groups excluding carboxylic acids is 2. The van der Waals surface area contributed by atoms with Gasteiger partial charge < -0.3 is 10.2 Å². The lowest BCUT2D eigenvalue weighted by atomic mass is 9.97. The van der Waals surface area contributed by atoms with Crippen LogP contribution in [0.3, 0.4) is 0 Å². The number of fused-ring (bicyclic) bond motifs is 1. The van der Waals surface area contributed by atoms with Crippen molar-refractivity contribution in [2.45, 2.75) is 32.6 Å². The number of thiazole rings is 1. The molecular formula is C18H21N3O2S. The SMILES string of the molecule is Cc1ccc2nc(NC(=O)[C@@H]3CCCN(C(=O)C4CC4)C3)sc2c1. The Kier molecular flexibility index (Phi) is 4.00. The summed E-state index contributed by atoms with van der Waals surface area (Å²) in [5.74, 6) is 0.316. The van der Waals surface area contributed by atoms with E-state index in [0.29, 0.717) is 11.7 Å². The fourth-order valence-electron chi connectivity index (χ4n) is 3.27. The van der Waals surface area contributed by atoms with Crippen LogP contribution in [0, 0.1) is 18.8 Å². The van der Waals surface area contributed by atoms with Crippen molar-refractivity contribution in [2.24, 2.45) is 11.8 Å². The van der Waals surface area contributed by atoms with Gasteiger partial charge >= 0.3 is 0 Å². The van der Waals surface area contributed by atoms with Crippen molar-refractivity contribution in [2.75, 3.05) is 18.4 Å². The van der Waals surface area contributed by atoms with Crippen LogP contribution in [-0.4, -0.2) is 34.8 Å². The Balaban J connectivity index is 1.43. The lowest BCUT2D eigenvalue weighted by Gasteiger charge is -2.32. The van der Waals surface area contributed by atoms with E-state index in [0.717, 1.165) is 42.4 Å². The molecule has 1 saturated carbocycles. The topological polar surface area (TPSA) is 62.3 Å². The van der Waals surface area contributed by atoms with Gasteiger partial charge in [0.2, 0.25) is 11.8 Å². The number of hydrogen-bond donors (Lipinski definition) is 1. The second-order valence-corrected chi connectivity index (χ2v) is 7.91. The summed E-state index contributed by atoms with van der Waals surface area (Å²) in [6.07, 6.45) is 3.76. The molecule has 4 rings (SSSR count). The van der Waals surface area contributed by atoms with Crippen molar-refractivity contribution >= 4 is 38.5 Å². The molecular weight excluding hydrogens is 322 g/mol. The summed E-state index contributed by atoms with van der Waals surface area (Å²) in [4.78, 5) is 31.2. The Bertz CT molecular complexity index is 797. The number of piperidine rings is 1. The lowest BCUT2D eigenvalue weighted by Crippen LogP contribution is -2.44. The Morgan fingerprint density at radius 3 is 2.88 bits per heavy atom. The Hall–Kier alpha value is -1.95. The van der Waals surface area contributed by atoms with E-state index in [4.69, 9.17) is 0 Å². The molecule has 1 saturated heterocycles. The first kappa shape index (κ1) is 15.6. The second kappa shape index (κ2) is 6.16. The van der Waals surface area contributed by atoms with Crippen molar-refractivity contribution in [3.63, 3.8) is 0 Å². The summed E-state index contributed by atoms with van der Waals surface area (Å²) < 4.78 is 1.08. The number of likely N-dealkylation sites (tertiary alicyclic amines) is 1. The second-order valence-electron chi connectivity index (χ2n) is 6.88. The third kappa shape index (κ3) is 3.15. The average molecular weight is 343 g/mol. The highest BCUT2D eigenvalue weighted by Gasteiger charge is 2.36. The predicted octanol–water partition coefficient (Wildman–Crippen LogP) is 3.19. The molecule has 6 heteroatoms. The smallest absolute Gasteiger partial charge is 0.231 e. The van der Waals surface area contributed by atoms with Gasteiger partial charge in [-0.2, -0.15) is 0 Å². The fourth-order valence-corrected chi connectivity index (χ4v) is 4.24. The van der Waals surface area contributed by atoms with Crippen LogP contribution >= 0.6 is 11.3 Å². The molecule has 5 nitrogen and oxygen atoms in total. The largest absolute Gasteiger partial charge is 0.342 e. The molecule has 24 heavy (non-hydrogen) atoms. The summed E-state index contributed by atoms with van der Waals surface area (Å²) >= 11 is 1.50. The number of hydrogen-bond acceptors (Lipinski definition) is 4.